The van der Waals surface area contributed by atoms with Gasteiger partial charge in [-0.05, 0) is 0 Å². The molecule has 0 aromatic carbocycles. The molecule has 0 atom stereocenters. The molecule has 9 heavy (non-hydrogen) atoms. The Kier molecular flexibility index (Phi) is 1.70. The van der Waals surface area contributed by atoms with Gasteiger partial charge in [-0.3, -0.25) is 0 Å². The van der Waals surface area contributed by atoms with Crippen molar-refractivity contribution in [1.29, 1.82) is 0 Å². The summed E-state index contributed by atoms with van der Waals surface area (Å²) in [7, 11) is 0. The number of allylic oxidation sites excluding steroid dienone is 4. The Morgan fingerprint density at radius 2 is 1.44 bits per heavy atom. The van der Waals surface area contributed by atoms with E-state index in [2.05, 4.69) is 0 Å². The Bertz CT molecular complexity index is 144. The second-order valence-corrected chi connectivity index (χ2v) is 5.51. The Morgan fingerprint density at radius 3 is 1.67 bits per heavy atom. The van der Waals surface area contributed by atoms with Crippen LogP contribution >= 0.6 is 0 Å². The third kappa shape index (κ3) is 1.61. The molecule has 1 aliphatic rings. The average Bonchev–Trinajstić information content (AvgIpc) is 2.08. The Balaban J connectivity index is 2.64. The summed E-state index contributed by atoms with van der Waals surface area (Å²) < 4.78 is 34.4. The van der Waals surface area contributed by atoms with E-state index in [1.165, 1.54) is 24.3 Å². The van der Waals surface area contributed by atoms with Crippen molar-refractivity contribution in [2.45, 2.75) is 4.75 Å². The van der Waals surface area contributed by atoms with Gasteiger partial charge >= 0.3 is 54.2 Å². The van der Waals surface area contributed by atoms with Crippen molar-refractivity contribution in [3.8, 4) is 0 Å². The number of halogens is 3. The normalized spacial score (nSPS) is 19.4. The van der Waals surface area contributed by atoms with Gasteiger partial charge in [0.25, 0.3) is 0 Å². The van der Waals surface area contributed by atoms with Gasteiger partial charge in [0.15, 0.2) is 0 Å². The van der Waals surface area contributed by atoms with Crippen molar-refractivity contribution >= 4 is 14.7 Å². The molecule has 0 amide bonds. The van der Waals surface area contributed by atoms with E-state index < -0.39 is 19.4 Å². The zero-order valence-corrected chi connectivity index (χ0v) is 6.62. The van der Waals surface area contributed by atoms with Crippen LogP contribution in [0.15, 0.2) is 24.3 Å². The van der Waals surface area contributed by atoms with Crippen molar-refractivity contribution in [3.63, 3.8) is 0 Å². The molecule has 1 aliphatic carbocycles. The summed E-state index contributed by atoms with van der Waals surface area (Å²) in [4.78, 5) is 0. The van der Waals surface area contributed by atoms with Crippen LogP contribution in [-0.2, 0) is 0 Å². The molecule has 0 fully saturated rings. The molecular formula is C5H5F3Ge. The molecule has 0 spiro atoms. The van der Waals surface area contributed by atoms with E-state index in [0.717, 1.165) is 0 Å². The molecule has 0 saturated carbocycles. The summed E-state index contributed by atoms with van der Waals surface area (Å²) in [5, 5.41) is 0. The molecule has 0 bridgehead atoms. The fourth-order valence-electron chi connectivity index (χ4n) is 0.650. The summed E-state index contributed by atoms with van der Waals surface area (Å²) in [6.45, 7) is 0. The van der Waals surface area contributed by atoms with Crippen LogP contribution < -0.4 is 0 Å². The summed E-state index contributed by atoms with van der Waals surface area (Å²) in [6, 6.07) is 0. The topological polar surface area (TPSA) is 0 Å². The monoisotopic (exact) mass is 196 g/mol. The van der Waals surface area contributed by atoms with Gasteiger partial charge in [0, 0.05) is 0 Å². The third-order valence-corrected chi connectivity index (χ3v) is 3.52. The van der Waals surface area contributed by atoms with Gasteiger partial charge in [-0.15, -0.1) is 0 Å². The maximum atomic E-state index is 11.8. The fraction of sp³-hybridized carbons (Fsp3) is 0.200. The second-order valence-electron chi connectivity index (χ2n) is 1.84. The Labute approximate surface area is 54.9 Å². The minimum absolute atomic E-state index is 1.16. The van der Waals surface area contributed by atoms with E-state index in [1.54, 1.807) is 0 Å². The molecule has 0 radical (unpaired) electrons. The summed E-state index contributed by atoms with van der Waals surface area (Å²) >= 11 is -5.85. The van der Waals surface area contributed by atoms with E-state index in [4.69, 9.17) is 0 Å². The SMILES string of the molecule is [F][Ge]([F])([F])[CH]1C=CC=C1. The van der Waals surface area contributed by atoms with Gasteiger partial charge in [0.1, 0.15) is 0 Å². The first kappa shape index (κ1) is 6.93. The van der Waals surface area contributed by atoms with Crippen molar-refractivity contribution < 1.29 is 10.5 Å². The quantitative estimate of drug-likeness (QED) is 0.563. The molecule has 50 valence electrons. The fourth-order valence-corrected chi connectivity index (χ4v) is 2.03. The second kappa shape index (κ2) is 2.21. The van der Waals surface area contributed by atoms with Gasteiger partial charge in [-0.1, -0.05) is 0 Å². The molecular weight excluding hydrogens is 190 g/mol. The van der Waals surface area contributed by atoms with E-state index >= 15 is 0 Å². The Hall–Kier alpha value is -0.187. The predicted molar refractivity (Wildman–Crippen MR) is 31.1 cm³/mol. The summed E-state index contributed by atoms with van der Waals surface area (Å²) in [5.74, 6) is 0. The molecule has 1 rings (SSSR count). The number of rotatable bonds is 1. The van der Waals surface area contributed by atoms with Crippen LogP contribution in [0.5, 0.6) is 0 Å². The van der Waals surface area contributed by atoms with E-state index in [9.17, 15) is 10.5 Å². The van der Waals surface area contributed by atoms with E-state index in [-0.39, 0.29) is 0 Å². The Morgan fingerprint density at radius 1 is 1.00 bits per heavy atom. The summed E-state index contributed by atoms with van der Waals surface area (Å²) in [5.41, 5.74) is 0. The number of hydrogen-bond acceptors (Lipinski definition) is 0. The minimum atomic E-state index is -5.85. The first-order chi connectivity index (χ1) is 4.11. The van der Waals surface area contributed by atoms with Gasteiger partial charge < -0.3 is 0 Å². The first-order valence-electron chi connectivity index (χ1n) is 2.52. The van der Waals surface area contributed by atoms with Gasteiger partial charge in [-0.2, -0.15) is 0 Å². The molecule has 0 nitrogen and oxygen atoms in total. The first-order valence-corrected chi connectivity index (χ1v) is 6.11. The van der Waals surface area contributed by atoms with Crippen LogP contribution in [0.3, 0.4) is 0 Å². The van der Waals surface area contributed by atoms with Crippen LogP contribution in [0.25, 0.3) is 0 Å². The van der Waals surface area contributed by atoms with E-state index in [1.807, 2.05) is 0 Å². The standard InChI is InChI=1S/C5H5F3Ge/c6-9(7,8)5-3-1-2-4-5/h1-5H. The van der Waals surface area contributed by atoms with Crippen LogP contribution in [0, 0.1) is 0 Å². The van der Waals surface area contributed by atoms with Crippen molar-refractivity contribution in [1.82, 2.24) is 0 Å². The zero-order valence-electron chi connectivity index (χ0n) is 4.52. The van der Waals surface area contributed by atoms with E-state index in [0.29, 0.717) is 0 Å². The third-order valence-electron chi connectivity index (χ3n) is 1.13. The molecule has 0 aliphatic heterocycles. The maximum absolute atomic E-state index is 11.8. The predicted octanol–water partition coefficient (Wildman–Crippen LogP) is 2.33. The van der Waals surface area contributed by atoms with Gasteiger partial charge in [0.2, 0.25) is 0 Å². The molecule has 0 N–H and O–H groups in total. The average molecular weight is 195 g/mol. The summed E-state index contributed by atoms with van der Waals surface area (Å²) in [6.07, 6.45) is 5.31. The van der Waals surface area contributed by atoms with Crippen LogP contribution in [-0.4, -0.2) is 14.7 Å². The molecule has 0 heterocycles. The molecule has 0 saturated heterocycles. The van der Waals surface area contributed by atoms with Gasteiger partial charge in [-0.25, -0.2) is 0 Å². The van der Waals surface area contributed by atoms with Crippen LogP contribution in [0.2, 0.25) is 4.75 Å². The van der Waals surface area contributed by atoms with Crippen molar-refractivity contribution in [2.75, 3.05) is 0 Å². The molecule has 0 aromatic heterocycles. The molecule has 0 aromatic rings. The van der Waals surface area contributed by atoms with Crippen LogP contribution in [0.1, 0.15) is 0 Å². The molecule has 0 unspecified atom stereocenters. The molecule has 4 heteroatoms. The van der Waals surface area contributed by atoms with Crippen LogP contribution in [0.4, 0.5) is 10.5 Å². The number of hydrogen-bond donors (Lipinski definition) is 0. The van der Waals surface area contributed by atoms with Gasteiger partial charge in [0.05, 0.1) is 0 Å². The zero-order chi connectivity index (χ0) is 6.91. The van der Waals surface area contributed by atoms with Crippen molar-refractivity contribution in [3.05, 3.63) is 24.3 Å². The van der Waals surface area contributed by atoms with Crippen molar-refractivity contribution in [2.24, 2.45) is 0 Å².